The summed E-state index contributed by atoms with van der Waals surface area (Å²) in [5, 5.41) is 4.11. The molecule has 2 aromatic rings. The van der Waals surface area contributed by atoms with E-state index < -0.39 is 10.8 Å². The zero-order valence-corrected chi connectivity index (χ0v) is 13.2. The first-order valence-corrected chi connectivity index (χ1v) is 9.01. The SMILES string of the molecule is CS(=O)CCCNC(=O)CCCc1c[nH]c2ccccc12. The van der Waals surface area contributed by atoms with Crippen LogP contribution in [0.15, 0.2) is 30.5 Å². The summed E-state index contributed by atoms with van der Waals surface area (Å²) in [5.41, 5.74) is 2.41. The summed E-state index contributed by atoms with van der Waals surface area (Å²) in [7, 11) is -0.774. The Hall–Kier alpha value is -1.62. The fourth-order valence-electron chi connectivity index (χ4n) is 2.37. The van der Waals surface area contributed by atoms with E-state index in [2.05, 4.69) is 22.4 Å². The van der Waals surface area contributed by atoms with E-state index in [0.29, 0.717) is 18.7 Å². The van der Waals surface area contributed by atoms with Gasteiger partial charge in [0.1, 0.15) is 0 Å². The first kappa shape index (κ1) is 15.8. The largest absolute Gasteiger partial charge is 0.361 e. The third-order valence-electron chi connectivity index (χ3n) is 3.46. The number of carbonyl (C=O) groups is 1. The van der Waals surface area contributed by atoms with Gasteiger partial charge < -0.3 is 10.3 Å². The van der Waals surface area contributed by atoms with Crippen LogP contribution in [0.4, 0.5) is 0 Å². The third kappa shape index (κ3) is 5.01. The second-order valence-corrected chi connectivity index (χ2v) is 6.75. The monoisotopic (exact) mass is 306 g/mol. The molecule has 2 N–H and O–H groups in total. The lowest BCUT2D eigenvalue weighted by atomic mass is 10.1. The van der Waals surface area contributed by atoms with Crippen LogP contribution in [0.3, 0.4) is 0 Å². The van der Waals surface area contributed by atoms with E-state index in [0.717, 1.165) is 24.8 Å². The summed E-state index contributed by atoms with van der Waals surface area (Å²) >= 11 is 0. The molecule has 1 aromatic heterocycles. The molecule has 2 rings (SSSR count). The second kappa shape index (κ2) is 7.98. The Balaban J connectivity index is 1.69. The molecule has 0 aliphatic carbocycles. The molecule has 4 nitrogen and oxygen atoms in total. The third-order valence-corrected chi connectivity index (χ3v) is 4.32. The van der Waals surface area contributed by atoms with Gasteiger partial charge in [-0.25, -0.2) is 0 Å². The highest BCUT2D eigenvalue weighted by Gasteiger charge is 2.05. The maximum atomic E-state index is 11.7. The van der Waals surface area contributed by atoms with Gasteiger partial charge >= 0.3 is 0 Å². The van der Waals surface area contributed by atoms with E-state index in [9.17, 15) is 9.00 Å². The number of rotatable bonds is 8. The minimum Gasteiger partial charge on any atom is -0.361 e. The molecule has 0 saturated carbocycles. The molecule has 0 spiro atoms. The number of aromatic amines is 1. The lowest BCUT2D eigenvalue weighted by molar-refractivity contribution is -0.121. The number of aromatic nitrogens is 1. The normalized spacial score (nSPS) is 12.4. The van der Waals surface area contributed by atoms with Gasteiger partial charge in [0.15, 0.2) is 0 Å². The summed E-state index contributed by atoms with van der Waals surface area (Å²) in [6, 6.07) is 8.21. The topological polar surface area (TPSA) is 62.0 Å². The molecule has 1 amide bonds. The molecule has 114 valence electrons. The Morgan fingerprint density at radius 1 is 1.29 bits per heavy atom. The van der Waals surface area contributed by atoms with Gasteiger partial charge in [-0.15, -0.1) is 0 Å². The van der Waals surface area contributed by atoms with Crippen molar-refractivity contribution in [1.82, 2.24) is 10.3 Å². The number of para-hydroxylation sites is 1. The van der Waals surface area contributed by atoms with Crippen LogP contribution in [0.1, 0.15) is 24.8 Å². The van der Waals surface area contributed by atoms with Crippen molar-refractivity contribution >= 4 is 27.6 Å². The van der Waals surface area contributed by atoms with E-state index in [1.807, 2.05) is 18.3 Å². The summed E-state index contributed by atoms with van der Waals surface area (Å²) in [4.78, 5) is 14.9. The van der Waals surface area contributed by atoms with Crippen molar-refractivity contribution in [2.75, 3.05) is 18.6 Å². The van der Waals surface area contributed by atoms with Crippen molar-refractivity contribution in [3.63, 3.8) is 0 Å². The first-order valence-electron chi connectivity index (χ1n) is 7.28. The minimum atomic E-state index is -0.774. The smallest absolute Gasteiger partial charge is 0.220 e. The molecule has 1 atom stereocenters. The van der Waals surface area contributed by atoms with Crippen LogP contribution in [0, 0.1) is 0 Å². The maximum absolute atomic E-state index is 11.7. The Labute approximate surface area is 127 Å². The van der Waals surface area contributed by atoms with Crippen LogP contribution in [0.5, 0.6) is 0 Å². The van der Waals surface area contributed by atoms with Gasteiger partial charge in [0, 0.05) is 52.9 Å². The number of hydrogen-bond acceptors (Lipinski definition) is 2. The Kier molecular flexibility index (Phi) is 5.99. The van der Waals surface area contributed by atoms with Crippen molar-refractivity contribution in [3.05, 3.63) is 36.0 Å². The number of benzene rings is 1. The van der Waals surface area contributed by atoms with Crippen molar-refractivity contribution in [1.29, 1.82) is 0 Å². The van der Waals surface area contributed by atoms with E-state index >= 15 is 0 Å². The van der Waals surface area contributed by atoms with Gasteiger partial charge in [0.25, 0.3) is 0 Å². The fraction of sp³-hybridized carbons (Fsp3) is 0.438. The average Bonchev–Trinajstić information content (AvgIpc) is 2.87. The molecular weight excluding hydrogens is 284 g/mol. The van der Waals surface area contributed by atoms with Crippen LogP contribution in [0.2, 0.25) is 0 Å². The molecule has 1 unspecified atom stereocenters. The number of carbonyl (C=O) groups excluding carboxylic acids is 1. The quantitative estimate of drug-likeness (QED) is 0.736. The fourth-order valence-corrected chi connectivity index (χ4v) is 2.92. The van der Waals surface area contributed by atoms with Crippen LogP contribution < -0.4 is 5.32 Å². The van der Waals surface area contributed by atoms with Crippen molar-refractivity contribution < 1.29 is 9.00 Å². The minimum absolute atomic E-state index is 0.0803. The molecular formula is C16H22N2O2S. The highest BCUT2D eigenvalue weighted by atomic mass is 32.2. The predicted octanol–water partition coefficient (Wildman–Crippen LogP) is 2.38. The maximum Gasteiger partial charge on any atom is 0.220 e. The lowest BCUT2D eigenvalue weighted by Gasteiger charge is -2.04. The number of nitrogens with one attached hydrogen (secondary N) is 2. The van der Waals surface area contributed by atoms with Crippen LogP contribution in [-0.2, 0) is 22.0 Å². The standard InChI is InChI=1S/C16H22N2O2S/c1-21(20)11-5-10-17-16(19)9-4-6-13-12-18-15-8-3-2-7-14(13)15/h2-3,7-8,12,18H,4-6,9-11H2,1H3,(H,17,19). The second-order valence-electron chi connectivity index (χ2n) is 5.19. The molecule has 0 bridgehead atoms. The first-order chi connectivity index (χ1) is 10.2. The zero-order chi connectivity index (χ0) is 15.1. The summed E-state index contributed by atoms with van der Waals surface area (Å²) < 4.78 is 10.9. The molecule has 0 saturated heterocycles. The van der Waals surface area contributed by atoms with Gasteiger partial charge in [0.2, 0.25) is 5.91 Å². The van der Waals surface area contributed by atoms with E-state index in [4.69, 9.17) is 0 Å². The Morgan fingerprint density at radius 2 is 2.10 bits per heavy atom. The van der Waals surface area contributed by atoms with Crippen molar-refractivity contribution in [3.8, 4) is 0 Å². The number of hydrogen-bond donors (Lipinski definition) is 2. The molecule has 5 heteroatoms. The number of H-pyrrole nitrogens is 1. The van der Waals surface area contributed by atoms with E-state index in [-0.39, 0.29) is 5.91 Å². The highest BCUT2D eigenvalue weighted by Crippen LogP contribution is 2.19. The summed E-state index contributed by atoms with van der Waals surface area (Å²) in [6.07, 6.45) is 6.76. The summed E-state index contributed by atoms with van der Waals surface area (Å²) in [6.45, 7) is 0.617. The Bertz CT molecular complexity index is 622. The Morgan fingerprint density at radius 3 is 2.90 bits per heavy atom. The number of fused-ring (bicyclic) bond motifs is 1. The van der Waals surface area contributed by atoms with Gasteiger partial charge in [-0.2, -0.15) is 0 Å². The van der Waals surface area contributed by atoms with Gasteiger partial charge in [0.05, 0.1) is 0 Å². The molecule has 0 aliphatic heterocycles. The molecule has 0 fully saturated rings. The van der Waals surface area contributed by atoms with Gasteiger partial charge in [-0.05, 0) is 30.9 Å². The van der Waals surface area contributed by atoms with Crippen LogP contribution in [-0.4, -0.2) is 33.7 Å². The molecule has 1 aromatic carbocycles. The predicted molar refractivity (Wildman–Crippen MR) is 87.8 cm³/mol. The van der Waals surface area contributed by atoms with Crippen molar-refractivity contribution in [2.45, 2.75) is 25.7 Å². The van der Waals surface area contributed by atoms with Crippen LogP contribution >= 0.6 is 0 Å². The summed E-state index contributed by atoms with van der Waals surface area (Å²) in [5.74, 6) is 0.729. The van der Waals surface area contributed by atoms with Gasteiger partial charge in [-0.1, -0.05) is 18.2 Å². The molecule has 1 heterocycles. The number of amides is 1. The van der Waals surface area contributed by atoms with E-state index in [1.54, 1.807) is 6.26 Å². The molecule has 0 radical (unpaired) electrons. The van der Waals surface area contributed by atoms with Gasteiger partial charge in [-0.3, -0.25) is 9.00 Å². The number of aryl methyl sites for hydroxylation is 1. The molecule has 0 aliphatic rings. The van der Waals surface area contributed by atoms with Crippen LogP contribution in [0.25, 0.3) is 10.9 Å². The van der Waals surface area contributed by atoms with E-state index in [1.165, 1.54) is 10.9 Å². The zero-order valence-electron chi connectivity index (χ0n) is 12.4. The molecule has 21 heavy (non-hydrogen) atoms. The highest BCUT2D eigenvalue weighted by molar-refractivity contribution is 7.84. The average molecular weight is 306 g/mol. The van der Waals surface area contributed by atoms with Crippen molar-refractivity contribution in [2.24, 2.45) is 0 Å². The lowest BCUT2D eigenvalue weighted by Crippen LogP contribution is -2.25.